The molecule has 0 aliphatic rings. The normalized spacial score (nSPS) is 11.9. The quantitative estimate of drug-likeness (QED) is 0.626. The highest BCUT2D eigenvalue weighted by molar-refractivity contribution is 5.90. The largest absolute Gasteiger partial charge is 0.478 e. The van der Waals surface area contributed by atoms with E-state index in [-0.39, 0.29) is 11.1 Å². The lowest BCUT2D eigenvalue weighted by molar-refractivity contribution is -0.137. The van der Waals surface area contributed by atoms with E-state index in [4.69, 9.17) is 5.11 Å². The third kappa shape index (κ3) is 3.96. The predicted molar refractivity (Wildman–Crippen MR) is 97.7 cm³/mol. The van der Waals surface area contributed by atoms with E-state index in [2.05, 4.69) is 0 Å². The van der Waals surface area contributed by atoms with E-state index in [9.17, 15) is 23.2 Å². The Bertz CT molecular complexity index is 1090. The van der Waals surface area contributed by atoms with Crippen LogP contribution in [0.5, 0.6) is 0 Å². The van der Waals surface area contributed by atoms with Crippen LogP contribution >= 0.6 is 0 Å². The molecule has 0 unspecified atom stereocenters. The molecule has 28 heavy (non-hydrogen) atoms. The highest BCUT2D eigenvalue weighted by Crippen LogP contribution is 2.30. The maximum Gasteiger partial charge on any atom is 0.416 e. The molecule has 0 aliphatic heterocycles. The van der Waals surface area contributed by atoms with Crippen LogP contribution in [0.15, 0.2) is 66.9 Å². The second-order valence-corrected chi connectivity index (χ2v) is 5.90. The molecule has 1 aromatic heterocycles. The SMILES string of the molecule is N#C/C(=C\c1cccn1-c1cccc(C(=O)O)c1)c1ccc(C(F)(F)F)cc1. The van der Waals surface area contributed by atoms with Gasteiger partial charge in [-0.3, -0.25) is 0 Å². The zero-order chi connectivity index (χ0) is 20.3. The molecule has 0 aliphatic carbocycles. The Balaban J connectivity index is 2.00. The molecule has 0 amide bonds. The number of nitriles is 1. The number of carboxylic acid groups (broad SMARTS) is 1. The predicted octanol–water partition coefficient (Wildman–Crippen LogP) is 5.26. The Morgan fingerprint density at radius 1 is 1.04 bits per heavy atom. The number of hydrogen-bond donors (Lipinski definition) is 1. The van der Waals surface area contributed by atoms with Crippen molar-refractivity contribution in [1.82, 2.24) is 4.57 Å². The molecule has 0 saturated carbocycles. The molecule has 2 aromatic carbocycles. The van der Waals surface area contributed by atoms with E-state index in [0.717, 1.165) is 12.1 Å². The van der Waals surface area contributed by atoms with Gasteiger partial charge in [0, 0.05) is 17.6 Å². The van der Waals surface area contributed by atoms with Gasteiger partial charge < -0.3 is 9.67 Å². The van der Waals surface area contributed by atoms with Crippen LogP contribution in [0.2, 0.25) is 0 Å². The summed E-state index contributed by atoms with van der Waals surface area (Å²) in [5.74, 6) is -1.06. The summed E-state index contributed by atoms with van der Waals surface area (Å²) in [6.45, 7) is 0. The molecule has 0 spiro atoms. The van der Waals surface area contributed by atoms with Crippen molar-refractivity contribution in [2.45, 2.75) is 6.18 Å². The molecule has 0 bridgehead atoms. The van der Waals surface area contributed by atoms with Gasteiger partial charge in [-0.15, -0.1) is 0 Å². The first-order valence-corrected chi connectivity index (χ1v) is 8.10. The lowest BCUT2D eigenvalue weighted by atomic mass is 10.0. The van der Waals surface area contributed by atoms with Crippen molar-refractivity contribution in [3.05, 3.63) is 89.2 Å². The van der Waals surface area contributed by atoms with Crippen molar-refractivity contribution in [1.29, 1.82) is 5.26 Å². The van der Waals surface area contributed by atoms with Crippen LogP contribution in [-0.2, 0) is 6.18 Å². The zero-order valence-electron chi connectivity index (χ0n) is 14.3. The third-order valence-corrected chi connectivity index (χ3v) is 4.09. The minimum Gasteiger partial charge on any atom is -0.478 e. The highest BCUT2D eigenvalue weighted by Gasteiger charge is 2.30. The van der Waals surface area contributed by atoms with Crippen molar-refractivity contribution in [2.24, 2.45) is 0 Å². The molecule has 1 heterocycles. The average Bonchev–Trinajstić information content (AvgIpc) is 3.14. The number of aromatic nitrogens is 1. The molecule has 1 N–H and O–H groups in total. The van der Waals surface area contributed by atoms with Crippen LogP contribution < -0.4 is 0 Å². The topological polar surface area (TPSA) is 66.0 Å². The molecule has 7 heteroatoms. The second kappa shape index (κ2) is 7.45. The number of carbonyl (C=O) groups is 1. The minimum atomic E-state index is -4.45. The fourth-order valence-electron chi connectivity index (χ4n) is 2.70. The first-order chi connectivity index (χ1) is 13.3. The van der Waals surface area contributed by atoms with Gasteiger partial charge in [0.25, 0.3) is 0 Å². The fraction of sp³-hybridized carbons (Fsp3) is 0.0476. The molecule has 3 rings (SSSR count). The number of carboxylic acids is 1. The standard InChI is InChI=1S/C21H13F3N2O2/c22-21(23,24)17-8-6-14(7-9-17)16(13-25)12-19-5-2-10-26(19)18-4-1-3-15(11-18)20(27)28/h1-12H,(H,27,28)/b16-12+. The Morgan fingerprint density at radius 3 is 2.36 bits per heavy atom. The average molecular weight is 382 g/mol. The lowest BCUT2D eigenvalue weighted by Gasteiger charge is -2.09. The molecule has 0 saturated heterocycles. The van der Waals surface area contributed by atoms with Gasteiger partial charge in [0.2, 0.25) is 0 Å². The number of benzene rings is 2. The Hall–Kier alpha value is -3.79. The van der Waals surface area contributed by atoms with Crippen LogP contribution in [-0.4, -0.2) is 15.6 Å². The Morgan fingerprint density at radius 2 is 1.75 bits per heavy atom. The summed E-state index contributed by atoms with van der Waals surface area (Å²) in [5.41, 5.74) is 1.03. The van der Waals surface area contributed by atoms with E-state index in [1.807, 2.05) is 6.07 Å². The van der Waals surface area contributed by atoms with E-state index in [1.165, 1.54) is 30.3 Å². The number of hydrogen-bond acceptors (Lipinski definition) is 2. The fourth-order valence-corrected chi connectivity index (χ4v) is 2.70. The smallest absolute Gasteiger partial charge is 0.416 e. The molecule has 0 radical (unpaired) electrons. The van der Waals surface area contributed by atoms with Gasteiger partial charge in [0.05, 0.1) is 22.8 Å². The van der Waals surface area contributed by atoms with Gasteiger partial charge in [0.15, 0.2) is 0 Å². The van der Waals surface area contributed by atoms with E-state index < -0.39 is 17.7 Å². The monoisotopic (exact) mass is 382 g/mol. The molecule has 0 atom stereocenters. The van der Waals surface area contributed by atoms with E-state index in [0.29, 0.717) is 16.9 Å². The van der Waals surface area contributed by atoms with Crippen molar-refractivity contribution < 1.29 is 23.1 Å². The van der Waals surface area contributed by atoms with Gasteiger partial charge in [-0.25, -0.2) is 4.79 Å². The third-order valence-electron chi connectivity index (χ3n) is 4.09. The molecule has 4 nitrogen and oxygen atoms in total. The van der Waals surface area contributed by atoms with Crippen molar-refractivity contribution in [3.63, 3.8) is 0 Å². The maximum atomic E-state index is 12.7. The van der Waals surface area contributed by atoms with Gasteiger partial charge in [-0.1, -0.05) is 18.2 Å². The molecular formula is C21H13F3N2O2. The summed E-state index contributed by atoms with van der Waals surface area (Å²) in [4.78, 5) is 11.2. The van der Waals surface area contributed by atoms with E-state index in [1.54, 1.807) is 35.0 Å². The van der Waals surface area contributed by atoms with Crippen LogP contribution in [0.1, 0.15) is 27.2 Å². The summed E-state index contributed by atoms with van der Waals surface area (Å²) in [6.07, 6.45) is -1.20. The van der Waals surface area contributed by atoms with Gasteiger partial charge in [-0.2, -0.15) is 18.4 Å². The van der Waals surface area contributed by atoms with E-state index >= 15 is 0 Å². The summed E-state index contributed by atoms with van der Waals surface area (Å²) in [6, 6.07) is 16.1. The van der Waals surface area contributed by atoms with Gasteiger partial charge in [-0.05, 0) is 54.1 Å². The summed E-state index contributed by atoms with van der Waals surface area (Å²) in [7, 11) is 0. The Kier molecular flexibility index (Phi) is 5.05. The number of aromatic carboxylic acids is 1. The van der Waals surface area contributed by atoms with Gasteiger partial charge in [0.1, 0.15) is 0 Å². The van der Waals surface area contributed by atoms with Crippen LogP contribution in [0, 0.1) is 11.3 Å². The summed E-state index contributed by atoms with van der Waals surface area (Å²) in [5, 5.41) is 18.6. The molecule has 140 valence electrons. The highest BCUT2D eigenvalue weighted by atomic mass is 19.4. The van der Waals surface area contributed by atoms with Gasteiger partial charge >= 0.3 is 12.1 Å². The van der Waals surface area contributed by atoms with Crippen molar-refractivity contribution >= 4 is 17.6 Å². The number of rotatable bonds is 4. The summed E-state index contributed by atoms with van der Waals surface area (Å²) >= 11 is 0. The van der Waals surface area contributed by atoms with Crippen LogP contribution in [0.4, 0.5) is 13.2 Å². The number of halogens is 3. The maximum absolute atomic E-state index is 12.7. The molecular weight excluding hydrogens is 369 g/mol. The molecule has 0 fully saturated rings. The first-order valence-electron chi connectivity index (χ1n) is 8.10. The first kappa shape index (κ1) is 19.0. The lowest BCUT2D eigenvalue weighted by Crippen LogP contribution is -2.04. The van der Waals surface area contributed by atoms with Crippen molar-refractivity contribution in [2.75, 3.05) is 0 Å². The number of alkyl halides is 3. The Labute approximate surface area is 158 Å². The van der Waals surface area contributed by atoms with Crippen LogP contribution in [0.3, 0.4) is 0 Å². The zero-order valence-corrected chi connectivity index (χ0v) is 14.3. The number of allylic oxidation sites excluding steroid dienone is 1. The number of nitrogens with zero attached hydrogens (tertiary/aromatic N) is 2. The minimum absolute atomic E-state index is 0.115. The molecule has 3 aromatic rings. The second-order valence-electron chi connectivity index (χ2n) is 5.90. The van der Waals surface area contributed by atoms with Crippen molar-refractivity contribution in [3.8, 4) is 11.8 Å². The summed E-state index contributed by atoms with van der Waals surface area (Å²) < 4.78 is 39.8. The van der Waals surface area contributed by atoms with Crippen LogP contribution in [0.25, 0.3) is 17.3 Å².